The molecule has 0 atom stereocenters. The fraction of sp³-hybridized carbons (Fsp3) is 0.323. The van der Waals surface area contributed by atoms with Gasteiger partial charge in [-0.3, -0.25) is 19.7 Å². The molecule has 1 aliphatic rings. The summed E-state index contributed by atoms with van der Waals surface area (Å²) in [6.45, 7) is 15.0. The molecule has 0 radical (unpaired) electrons. The smallest absolute Gasteiger partial charge is 0.255 e. The van der Waals surface area contributed by atoms with Crippen molar-refractivity contribution in [2.75, 3.05) is 40.3 Å². The maximum absolute atomic E-state index is 13.0. The van der Waals surface area contributed by atoms with E-state index in [1.165, 1.54) is 5.56 Å². The highest BCUT2D eigenvalue weighted by Crippen LogP contribution is 2.13. The first-order chi connectivity index (χ1) is 18.8. The Labute approximate surface area is 232 Å². The molecule has 1 saturated heterocycles. The number of allylic oxidation sites excluding steroid dienone is 4. The van der Waals surface area contributed by atoms with Crippen molar-refractivity contribution in [1.82, 2.24) is 30.7 Å². The second kappa shape index (κ2) is 14.8. The van der Waals surface area contributed by atoms with Gasteiger partial charge in [-0.2, -0.15) is 0 Å². The number of hydrogen-bond donors (Lipinski definition) is 3. The highest BCUT2D eigenvalue weighted by atomic mass is 16.1. The Morgan fingerprint density at radius 1 is 1.05 bits per heavy atom. The Hall–Kier alpha value is -4.01. The predicted molar refractivity (Wildman–Crippen MR) is 161 cm³/mol. The average Bonchev–Trinajstić information content (AvgIpc) is 2.96. The van der Waals surface area contributed by atoms with Crippen LogP contribution in [0, 0.1) is 0 Å². The van der Waals surface area contributed by atoms with E-state index in [0.29, 0.717) is 17.2 Å². The second-order valence-corrected chi connectivity index (χ2v) is 9.71. The maximum atomic E-state index is 13.0. The lowest BCUT2D eigenvalue weighted by Crippen LogP contribution is -2.43. The number of nitrogens with one attached hydrogen (secondary N) is 3. The van der Waals surface area contributed by atoms with Crippen LogP contribution in [0.15, 0.2) is 95.6 Å². The van der Waals surface area contributed by atoms with Crippen molar-refractivity contribution in [2.24, 2.45) is 4.99 Å². The van der Waals surface area contributed by atoms with Crippen LogP contribution in [0.1, 0.15) is 42.3 Å². The first-order valence-corrected chi connectivity index (χ1v) is 13.2. The average molecular weight is 528 g/mol. The Balaban J connectivity index is 1.65. The lowest BCUT2D eigenvalue weighted by atomic mass is 10.1. The first kappa shape index (κ1) is 29.5. The summed E-state index contributed by atoms with van der Waals surface area (Å²) in [5.74, 6) is 0.376. The number of nitrogens with zero attached hydrogens (tertiary/aromatic N) is 4. The van der Waals surface area contributed by atoms with Gasteiger partial charge in [0.25, 0.3) is 5.91 Å². The van der Waals surface area contributed by atoms with Crippen LogP contribution in [0.25, 0.3) is 5.70 Å². The number of rotatable bonds is 9. The van der Waals surface area contributed by atoms with E-state index in [-0.39, 0.29) is 5.91 Å². The third-order valence-corrected chi connectivity index (χ3v) is 6.53. The largest absolute Gasteiger partial charge is 0.326 e. The molecule has 1 fully saturated rings. The van der Waals surface area contributed by atoms with E-state index in [0.717, 1.165) is 55.3 Å². The lowest BCUT2D eigenvalue weighted by molar-refractivity contribution is 0.0967. The van der Waals surface area contributed by atoms with Crippen LogP contribution in [0.4, 0.5) is 0 Å². The van der Waals surface area contributed by atoms with Crippen LogP contribution in [-0.4, -0.2) is 66.9 Å². The second-order valence-electron chi connectivity index (χ2n) is 9.71. The van der Waals surface area contributed by atoms with Gasteiger partial charge in [-0.05, 0) is 69.8 Å². The van der Waals surface area contributed by atoms with Gasteiger partial charge >= 0.3 is 0 Å². The number of likely N-dealkylation sites (N-methyl/N-ethyl adjacent to an activating group) is 1. The third-order valence-electron chi connectivity index (χ3n) is 6.53. The number of aliphatic imine (C=N–C) groups is 1. The highest BCUT2D eigenvalue weighted by Gasteiger charge is 2.14. The molecule has 0 unspecified atom stereocenters. The summed E-state index contributed by atoms with van der Waals surface area (Å²) in [6, 6.07) is 11.7. The number of carbonyl (C=O) groups is 1. The zero-order chi connectivity index (χ0) is 28.2. The highest BCUT2D eigenvalue weighted by molar-refractivity contribution is 5.95. The van der Waals surface area contributed by atoms with Crippen molar-refractivity contribution in [3.8, 4) is 0 Å². The summed E-state index contributed by atoms with van der Waals surface area (Å²) < 4.78 is 0. The van der Waals surface area contributed by atoms with Crippen LogP contribution in [0.3, 0.4) is 0 Å². The Morgan fingerprint density at radius 3 is 2.33 bits per heavy atom. The lowest BCUT2D eigenvalue weighted by Gasteiger charge is -2.32. The van der Waals surface area contributed by atoms with E-state index < -0.39 is 0 Å². The van der Waals surface area contributed by atoms with Gasteiger partial charge in [0.05, 0.1) is 0 Å². The predicted octanol–water partition coefficient (Wildman–Crippen LogP) is 4.15. The molecule has 39 heavy (non-hydrogen) atoms. The molecule has 2 aromatic rings. The number of amides is 1. The van der Waals surface area contributed by atoms with Gasteiger partial charge in [-0.15, -0.1) is 0 Å². The molecule has 1 aromatic heterocycles. The summed E-state index contributed by atoms with van der Waals surface area (Å²) in [7, 11) is 3.87. The molecule has 0 saturated carbocycles. The number of guanidine groups is 1. The van der Waals surface area contributed by atoms with E-state index in [9.17, 15) is 4.79 Å². The molecule has 3 N–H and O–H groups in total. The van der Waals surface area contributed by atoms with Gasteiger partial charge in [-0.25, -0.2) is 0 Å². The number of carbonyl (C=O) groups excluding carboxylic acids is 1. The topological polar surface area (TPSA) is 84.9 Å². The number of aromatic nitrogens is 1. The summed E-state index contributed by atoms with van der Waals surface area (Å²) in [5.41, 5.74) is 6.03. The van der Waals surface area contributed by atoms with Crippen LogP contribution in [0.5, 0.6) is 0 Å². The fourth-order valence-corrected chi connectivity index (χ4v) is 4.07. The normalized spacial score (nSPS) is 15.5. The van der Waals surface area contributed by atoms with Gasteiger partial charge < -0.3 is 20.9 Å². The zero-order valence-corrected chi connectivity index (χ0v) is 23.8. The molecule has 206 valence electrons. The van der Waals surface area contributed by atoms with Crippen molar-refractivity contribution in [2.45, 2.75) is 27.3 Å². The fourth-order valence-electron chi connectivity index (χ4n) is 4.07. The zero-order valence-electron chi connectivity index (χ0n) is 23.8. The molecule has 3 rings (SSSR count). The Bertz CT molecular complexity index is 1230. The molecule has 1 aliphatic heterocycles. The van der Waals surface area contributed by atoms with E-state index in [4.69, 9.17) is 0 Å². The number of piperazine rings is 1. The van der Waals surface area contributed by atoms with Crippen molar-refractivity contribution >= 4 is 17.6 Å². The quantitative estimate of drug-likeness (QED) is 0.258. The van der Waals surface area contributed by atoms with Crippen molar-refractivity contribution in [1.29, 1.82) is 0 Å². The van der Waals surface area contributed by atoms with E-state index in [1.54, 1.807) is 25.5 Å². The number of hydrogen-bond acceptors (Lipinski definition) is 5. The van der Waals surface area contributed by atoms with E-state index >= 15 is 0 Å². The standard InChI is InChI=1S/C31H41N7O/c1-7-27(34-30(39)25-13-11-24(12-14-25)22-38-18-16-37(6)17-19-38)20-29(23(3)4)36-31(32-5)35-28(8-2)26-10-9-15-33-21-26/h7-15,20-21H,1,16-19,22H2,2-6H3,(H,34,39)(H2,32,35,36)/b27-20+,28-8-. The van der Waals surface area contributed by atoms with Crippen molar-refractivity contribution in [3.05, 3.63) is 107 Å². The minimum atomic E-state index is -0.185. The molecule has 1 aromatic carbocycles. The Morgan fingerprint density at radius 2 is 1.77 bits per heavy atom. The van der Waals surface area contributed by atoms with Gasteiger partial charge in [0.1, 0.15) is 0 Å². The summed E-state index contributed by atoms with van der Waals surface area (Å²) in [5, 5.41) is 9.64. The van der Waals surface area contributed by atoms with Gasteiger partial charge in [0, 0.05) is 80.4 Å². The molecular weight excluding hydrogens is 486 g/mol. The molecule has 0 spiro atoms. The minimum absolute atomic E-state index is 0.185. The molecule has 8 heteroatoms. The summed E-state index contributed by atoms with van der Waals surface area (Å²) >= 11 is 0. The van der Waals surface area contributed by atoms with E-state index in [1.807, 2.05) is 69.3 Å². The minimum Gasteiger partial charge on any atom is -0.326 e. The first-order valence-electron chi connectivity index (χ1n) is 13.2. The molecule has 2 heterocycles. The number of pyridine rings is 1. The summed E-state index contributed by atoms with van der Waals surface area (Å²) in [4.78, 5) is 26.4. The van der Waals surface area contributed by atoms with Crippen LogP contribution in [-0.2, 0) is 6.54 Å². The van der Waals surface area contributed by atoms with Crippen molar-refractivity contribution < 1.29 is 4.79 Å². The van der Waals surface area contributed by atoms with Crippen LogP contribution < -0.4 is 16.0 Å². The van der Waals surface area contributed by atoms with Gasteiger partial charge in [0.15, 0.2) is 5.96 Å². The van der Waals surface area contributed by atoms with Crippen molar-refractivity contribution in [3.63, 3.8) is 0 Å². The molecule has 0 aliphatic carbocycles. The van der Waals surface area contributed by atoms with Gasteiger partial charge in [0.2, 0.25) is 0 Å². The summed E-state index contributed by atoms with van der Waals surface area (Å²) in [6.07, 6.45) is 8.99. The Kier molecular flexibility index (Phi) is 11.2. The van der Waals surface area contributed by atoms with E-state index in [2.05, 4.69) is 49.4 Å². The molecule has 0 bridgehead atoms. The van der Waals surface area contributed by atoms with Crippen LogP contribution in [0.2, 0.25) is 0 Å². The SMILES string of the molecule is C=C/C(=C\C(NC(=NC)N/C(=C\C)c1cccnc1)=C(C)C)NC(=O)c1ccc(CN2CCN(C)CC2)cc1. The maximum Gasteiger partial charge on any atom is 0.255 e. The molecular formula is C31H41N7O. The molecule has 1 amide bonds. The van der Waals surface area contributed by atoms with Gasteiger partial charge in [-0.1, -0.05) is 30.4 Å². The van der Waals surface area contributed by atoms with Crippen LogP contribution >= 0.6 is 0 Å². The number of benzene rings is 1. The molecule has 8 nitrogen and oxygen atoms in total. The monoisotopic (exact) mass is 527 g/mol. The third kappa shape index (κ3) is 9.05.